The largest absolute Gasteiger partial charge is 0.0943 e. The van der Waals surface area contributed by atoms with Crippen LogP contribution in [0.15, 0.2) is 24.8 Å². The molecule has 1 rings (SSSR count). The van der Waals surface area contributed by atoms with Crippen LogP contribution in [-0.4, -0.2) is 5.33 Å². The Balaban J connectivity index is 3.09. The van der Waals surface area contributed by atoms with Crippen LogP contribution in [0, 0.1) is 6.92 Å². The lowest BCUT2D eigenvalue weighted by molar-refractivity contribution is 1.45. The van der Waals surface area contributed by atoms with Gasteiger partial charge >= 0.3 is 0 Å². The van der Waals surface area contributed by atoms with Crippen LogP contribution in [0.1, 0.15) is 11.1 Å². The van der Waals surface area contributed by atoms with E-state index in [-0.39, 0.29) is 0 Å². The molecule has 0 unspecified atom stereocenters. The lowest BCUT2D eigenvalue weighted by Crippen LogP contribution is -1.85. The first kappa shape index (κ1) is 9.82. The average Bonchev–Trinajstić information content (AvgIpc) is 2.03. The summed E-state index contributed by atoms with van der Waals surface area (Å²) in [6.07, 6.45) is 0. The normalized spacial score (nSPS) is 9.92. The molecular formula is C10H10BrCl. The fraction of sp³-hybridized carbons (Fsp3) is 0.200. The van der Waals surface area contributed by atoms with Gasteiger partial charge in [-0.1, -0.05) is 46.2 Å². The summed E-state index contributed by atoms with van der Waals surface area (Å²) in [5.41, 5.74) is 3.21. The first-order chi connectivity index (χ1) is 5.65. The smallest absolute Gasteiger partial charge is 0.0483 e. The lowest BCUT2D eigenvalue weighted by Gasteiger charge is -2.05. The van der Waals surface area contributed by atoms with Crippen LogP contribution in [0.3, 0.4) is 0 Å². The summed E-state index contributed by atoms with van der Waals surface area (Å²) in [6, 6.07) is 5.99. The van der Waals surface area contributed by atoms with Crippen molar-refractivity contribution in [3.8, 4) is 0 Å². The van der Waals surface area contributed by atoms with Crippen molar-refractivity contribution < 1.29 is 0 Å². The van der Waals surface area contributed by atoms with E-state index in [1.54, 1.807) is 0 Å². The Hall–Kier alpha value is -0.270. The van der Waals surface area contributed by atoms with Gasteiger partial charge in [0, 0.05) is 10.4 Å². The first-order valence-corrected chi connectivity index (χ1v) is 5.15. The molecule has 0 aromatic heterocycles. The minimum absolute atomic E-state index is 0.760. The maximum Gasteiger partial charge on any atom is 0.0483 e. The molecule has 1 aromatic rings. The molecule has 0 saturated carbocycles. The molecule has 12 heavy (non-hydrogen) atoms. The highest BCUT2D eigenvalue weighted by Gasteiger charge is 2.02. The highest BCUT2D eigenvalue weighted by molar-refractivity contribution is 9.09. The molecule has 0 aliphatic heterocycles. The molecule has 64 valence electrons. The Morgan fingerprint density at radius 2 is 2.25 bits per heavy atom. The van der Waals surface area contributed by atoms with E-state index in [1.165, 1.54) is 5.56 Å². The fourth-order valence-electron chi connectivity index (χ4n) is 0.979. The van der Waals surface area contributed by atoms with Crippen LogP contribution in [0.2, 0.25) is 5.02 Å². The zero-order valence-electron chi connectivity index (χ0n) is 6.90. The molecule has 0 atom stereocenters. The average molecular weight is 246 g/mol. The maximum atomic E-state index is 6.02. The summed E-state index contributed by atoms with van der Waals surface area (Å²) in [6.45, 7) is 5.92. The maximum absolute atomic E-state index is 6.02. The third kappa shape index (κ3) is 2.11. The predicted octanol–water partition coefficient (Wildman–Crippen LogP) is 4.06. The highest BCUT2D eigenvalue weighted by atomic mass is 79.9. The minimum atomic E-state index is 0.760. The number of aryl methyl sites for hydroxylation is 1. The van der Waals surface area contributed by atoms with Crippen LogP contribution in [0.5, 0.6) is 0 Å². The Labute approximate surface area is 86.4 Å². The summed E-state index contributed by atoms with van der Waals surface area (Å²) in [7, 11) is 0. The van der Waals surface area contributed by atoms with Crippen LogP contribution in [-0.2, 0) is 0 Å². The molecule has 0 spiro atoms. The summed E-state index contributed by atoms with van der Waals surface area (Å²) < 4.78 is 0. The zero-order chi connectivity index (χ0) is 9.14. The van der Waals surface area contributed by atoms with E-state index >= 15 is 0 Å². The molecule has 0 radical (unpaired) electrons. The molecule has 2 heteroatoms. The van der Waals surface area contributed by atoms with Crippen molar-refractivity contribution in [1.29, 1.82) is 0 Å². The number of rotatable bonds is 2. The molecule has 0 heterocycles. The van der Waals surface area contributed by atoms with Gasteiger partial charge in [0.25, 0.3) is 0 Å². The van der Waals surface area contributed by atoms with Gasteiger partial charge in [0.2, 0.25) is 0 Å². The van der Waals surface area contributed by atoms with Gasteiger partial charge in [-0.25, -0.2) is 0 Å². The van der Waals surface area contributed by atoms with Gasteiger partial charge < -0.3 is 0 Å². The molecule has 0 bridgehead atoms. The van der Waals surface area contributed by atoms with Crippen molar-refractivity contribution in [1.82, 2.24) is 0 Å². The second-order valence-electron chi connectivity index (χ2n) is 2.72. The number of alkyl halides is 1. The van der Waals surface area contributed by atoms with Gasteiger partial charge in [-0.3, -0.25) is 0 Å². The van der Waals surface area contributed by atoms with Crippen molar-refractivity contribution in [2.75, 3.05) is 5.33 Å². The molecule has 0 fully saturated rings. The van der Waals surface area contributed by atoms with Gasteiger partial charge in [0.05, 0.1) is 0 Å². The van der Waals surface area contributed by atoms with Crippen molar-refractivity contribution in [2.45, 2.75) is 6.92 Å². The van der Waals surface area contributed by atoms with Crippen LogP contribution in [0.25, 0.3) is 5.57 Å². The van der Waals surface area contributed by atoms with Crippen molar-refractivity contribution in [2.24, 2.45) is 0 Å². The van der Waals surface area contributed by atoms with E-state index < -0.39 is 0 Å². The predicted molar refractivity (Wildman–Crippen MR) is 59.0 cm³/mol. The van der Waals surface area contributed by atoms with Gasteiger partial charge in [0.1, 0.15) is 0 Å². The molecule has 0 N–H and O–H groups in total. The number of benzene rings is 1. The monoisotopic (exact) mass is 244 g/mol. The van der Waals surface area contributed by atoms with Crippen molar-refractivity contribution >= 4 is 33.1 Å². The number of allylic oxidation sites excluding steroid dienone is 1. The molecule has 0 aliphatic carbocycles. The second kappa shape index (κ2) is 4.11. The molecular weight excluding hydrogens is 235 g/mol. The quantitative estimate of drug-likeness (QED) is 0.690. The van der Waals surface area contributed by atoms with Crippen molar-refractivity contribution in [3.05, 3.63) is 40.9 Å². The zero-order valence-corrected chi connectivity index (χ0v) is 9.24. The summed E-state index contributed by atoms with van der Waals surface area (Å²) >= 11 is 9.37. The van der Waals surface area contributed by atoms with Crippen LogP contribution in [0.4, 0.5) is 0 Å². The van der Waals surface area contributed by atoms with E-state index in [4.69, 9.17) is 11.6 Å². The number of hydrogen-bond donors (Lipinski definition) is 0. The van der Waals surface area contributed by atoms with Gasteiger partial charge in [-0.15, -0.1) is 0 Å². The summed E-state index contributed by atoms with van der Waals surface area (Å²) in [4.78, 5) is 0. The fourth-order valence-corrected chi connectivity index (χ4v) is 1.65. The number of halogens is 2. The molecule has 0 nitrogen and oxygen atoms in total. The van der Waals surface area contributed by atoms with E-state index in [2.05, 4.69) is 22.5 Å². The topological polar surface area (TPSA) is 0 Å². The summed E-state index contributed by atoms with van der Waals surface area (Å²) in [5, 5.41) is 1.54. The van der Waals surface area contributed by atoms with Gasteiger partial charge in [-0.2, -0.15) is 0 Å². The Morgan fingerprint density at radius 3 is 2.75 bits per heavy atom. The molecule has 0 saturated heterocycles. The van der Waals surface area contributed by atoms with Crippen LogP contribution >= 0.6 is 27.5 Å². The van der Waals surface area contributed by atoms with Crippen molar-refractivity contribution in [3.63, 3.8) is 0 Å². The van der Waals surface area contributed by atoms with E-state index in [0.717, 1.165) is 21.5 Å². The minimum Gasteiger partial charge on any atom is -0.0943 e. The lowest BCUT2D eigenvalue weighted by atomic mass is 10.1. The van der Waals surface area contributed by atoms with Gasteiger partial charge in [0.15, 0.2) is 0 Å². The van der Waals surface area contributed by atoms with E-state index in [0.29, 0.717) is 0 Å². The molecule has 0 aliphatic rings. The standard InChI is InChI=1S/C10H10BrCl/c1-7-3-4-9(8(2)6-11)10(12)5-7/h3-5H,2,6H2,1H3. The van der Waals surface area contributed by atoms with Gasteiger partial charge in [-0.05, 0) is 29.7 Å². The van der Waals surface area contributed by atoms with E-state index in [1.807, 2.05) is 25.1 Å². The Morgan fingerprint density at radius 1 is 1.58 bits per heavy atom. The van der Waals surface area contributed by atoms with E-state index in [9.17, 15) is 0 Å². The third-order valence-corrected chi connectivity index (χ3v) is 2.66. The Bertz CT molecular complexity index is 305. The highest BCUT2D eigenvalue weighted by Crippen LogP contribution is 2.24. The first-order valence-electron chi connectivity index (χ1n) is 3.65. The second-order valence-corrected chi connectivity index (χ2v) is 3.69. The molecule has 0 amide bonds. The van der Waals surface area contributed by atoms with Crippen LogP contribution < -0.4 is 0 Å². The number of hydrogen-bond acceptors (Lipinski definition) is 0. The third-order valence-electron chi connectivity index (χ3n) is 1.67. The molecule has 1 aromatic carbocycles. The Kier molecular flexibility index (Phi) is 3.36. The summed E-state index contributed by atoms with van der Waals surface area (Å²) in [5.74, 6) is 0. The SMILES string of the molecule is C=C(CBr)c1ccc(C)cc1Cl.